The van der Waals surface area contributed by atoms with Crippen LogP contribution in [0.2, 0.25) is 0 Å². The molecule has 0 fully saturated rings. The number of rotatable bonds is 5. The maximum Gasteiger partial charge on any atom is 0.265 e. The second-order valence-electron chi connectivity index (χ2n) is 7.11. The molecule has 1 unspecified atom stereocenters. The molecule has 1 atom stereocenters. The number of carbonyl (C=O) groups excluding carboxylic acids is 2. The standard InChI is InChI=1S/C23H22N2O3S/c1-15-5-2-3-6-16(15)13-24-22(26)18-11-17-12-19(8-9-20(17)28-14-18)25-23(27)21-7-4-10-29-21/h2-10,12,18H,11,13-14H2,1H3,(H,24,26)(H,25,27). The summed E-state index contributed by atoms with van der Waals surface area (Å²) in [5.41, 5.74) is 3.89. The average molecular weight is 407 g/mol. The maximum absolute atomic E-state index is 12.7. The van der Waals surface area contributed by atoms with E-state index in [0.717, 1.165) is 22.4 Å². The summed E-state index contributed by atoms with van der Waals surface area (Å²) in [4.78, 5) is 25.6. The van der Waals surface area contributed by atoms with Crippen molar-refractivity contribution in [3.05, 3.63) is 81.5 Å². The molecule has 148 valence electrons. The first-order chi connectivity index (χ1) is 14.1. The van der Waals surface area contributed by atoms with Gasteiger partial charge in [-0.15, -0.1) is 11.3 Å². The van der Waals surface area contributed by atoms with E-state index in [2.05, 4.69) is 10.6 Å². The summed E-state index contributed by atoms with van der Waals surface area (Å²) in [6.07, 6.45) is 0.581. The van der Waals surface area contributed by atoms with E-state index in [-0.39, 0.29) is 17.7 Å². The Labute approximate surface area is 173 Å². The zero-order valence-electron chi connectivity index (χ0n) is 16.1. The number of hydrogen-bond acceptors (Lipinski definition) is 4. The molecule has 0 saturated heterocycles. The molecule has 0 saturated carbocycles. The second kappa shape index (κ2) is 8.49. The molecular formula is C23H22N2O3S. The van der Waals surface area contributed by atoms with Crippen LogP contribution in [0.1, 0.15) is 26.4 Å². The quantitative estimate of drug-likeness (QED) is 0.668. The third-order valence-electron chi connectivity index (χ3n) is 5.05. The first kappa shape index (κ1) is 19.2. The molecule has 0 radical (unpaired) electrons. The van der Waals surface area contributed by atoms with Crippen LogP contribution in [0.25, 0.3) is 0 Å². The van der Waals surface area contributed by atoms with Crippen molar-refractivity contribution in [3.63, 3.8) is 0 Å². The first-order valence-electron chi connectivity index (χ1n) is 9.53. The molecule has 2 aromatic carbocycles. The number of benzene rings is 2. The molecule has 4 rings (SSSR count). The third kappa shape index (κ3) is 4.49. The molecule has 0 bridgehead atoms. The Morgan fingerprint density at radius 2 is 2.00 bits per heavy atom. The Balaban J connectivity index is 1.40. The highest BCUT2D eigenvalue weighted by atomic mass is 32.1. The predicted molar refractivity (Wildman–Crippen MR) is 114 cm³/mol. The van der Waals surface area contributed by atoms with Crippen LogP contribution in [-0.4, -0.2) is 18.4 Å². The third-order valence-corrected chi connectivity index (χ3v) is 5.92. The highest BCUT2D eigenvalue weighted by molar-refractivity contribution is 7.12. The van der Waals surface area contributed by atoms with Gasteiger partial charge in [0, 0.05) is 12.2 Å². The Morgan fingerprint density at radius 1 is 1.14 bits per heavy atom. The number of thiophene rings is 1. The molecule has 2 amide bonds. The lowest BCUT2D eigenvalue weighted by Gasteiger charge is -2.25. The van der Waals surface area contributed by atoms with Crippen molar-refractivity contribution in [1.82, 2.24) is 5.32 Å². The van der Waals surface area contributed by atoms with Crippen molar-refractivity contribution >= 4 is 28.8 Å². The van der Waals surface area contributed by atoms with Crippen LogP contribution < -0.4 is 15.4 Å². The van der Waals surface area contributed by atoms with Crippen LogP contribution >= 0.6 is 11.3 Å². The highest BCUT2D eigenvalue weighted by Gasteiger charge is 2.26. The van der Waals surface area contributed by atoms with Gasteiger partial charge in [0.25, 0.3) is 5.91 Å². The zero-order valence-corrected chi connectivity index (χ0v) is 16.9. The van der Waals surface area contributed by atoms with Gasteiger partial charge in [0.05, 0.1) is 10.8 Å². The summed E-state index contributed by atoms with van der Waals surface area (Å²) in [6, 6.07) is 17.2. The van der Waals surface area contributed by atoms with E-state index in [1.165, 1.54) is 11.3 Å². The van der Waals surface area contributed by atoms with Crippen molar-refractivity contribution in [3.8, 4) is 5.75 Å². The molecule has 0 aliphatic carbocycles. The molecule has 1 aliphatic rings. The number of amides is 2. The lowest BCUT2D eigenvalue weighted by molar-refractivity contribution is -0.126. The summed E-state index contributed by atoms with van der Waals surface area (Å²) in [6.45, 7) is 2.90. The number of anilines is 1. The summed E-state index contributed by atoms with van der Waals surface area (Å²) < 4.78 is 5.79. The van der Waals surface area contributed by atoms with Crippen molar-refractivity contribution in [2.75, 3.05) is 11.9 Å². The fraction of sp³-hybridized carbons (Fsp3) is 0.217. The smallest absolute Gasteiger partial charge is 0.265 e. The maximum atomic E-state index is 12.7. The van der Waals surface area contributed by atoms with Gasteiger partial charge in [-0.25, -0.2) is 0 Å². The number of carbonyl (C=O) groups is 2. The predicted octanol–water partition coefficient (Wildman–Crippen LogP) is 4.18. The molecular weight excluding hydrogens is 384 g/mol. The molecule has 2 N–H and O–H groups in total. The number of fused-ring (bicyclic) bond motifs is 1. The molecule has 2 heterocycles. The van der Waals surface area contributed by atoms with E-state index in [0.29, 0.717) is 30.1 Å². The van der Waals surface area contributed by atoms with Crippen LogP contribution in [0.5, 0.6) is 5.75 Å². The van der Waals surface area contributed by atoms with Crippen LogP contribution in [0.15, 0.2) is 60.0 Å². The number of nitrogens with one attached hydrogen (secondary N) is 2. The molecule has 3 aromatic rings. The van der Waals surface area contributed by atoms with Gasteiger partial charge in [-0.2, -0.15) is 0 Å². The van der Waals surface area contributed by atoms with Crippen molar-refractivity contribution < 1.29 is 14.3 Å². The number of hydrogen-bond donors (Lipinski definition) is 2. The fourth-order valence-electron chi connectivity index (χ4n) is 3.38. The van der Waals surface area contributed by atoms with Gasteiger partial charge < -0.3 is 15.4 Å². The van der Waals surface area contributed by atoms with Gasteiger partial charge in [0.1, 0.15) is 12.4 Å². The van der Waals surface area contributed by atoms with Gasteiger partial charge in [-0.05, 0) is 59.7 Å². The summed E-state index contributed by atoms with van der Waals surface area (Å²) in [5.74, 6) is 0.355. The molecule has 6 heteroatoms. The van der Waals surface area contributed by atoms with Crippen LogP contribution in [0.3, 0.4) is 0 Å². The fourth-order valence-corrected chi connectivity index (χ4v) is 4.00. The van der Waals surface area contributed by atoms with Gasteiger partial charge >= 0.3 is 0 Å². The minimum absolute atomic E-state index is 0.0214. The van der Waals surface area contributed by atoms with Gasteiger partial charge in [-0.3, -0.25) is 9.59 Å². The van der Waals surface area contributed by atoms with Crippen LogP contribution in [0.4, 0.5) is 5.69 Å². The summed E-state index contributed by atoms with van der Waals surface area (Å²) in [7, 11) is 0. The highest BCUT2D eigenvalue weighted by Crippen LogP contribution is 2.30. The Hall–Kier alpha value is -3.12. The minimum atomic E-state index is -0.255. The van der Waals surface area contributed by atoms with Crippen LogP contribution in [-0.2, 0) is 17.8 Å². The monoisotopic (exact) mass is 406 g/mol. The Bertz CT molecular complexity index is 1030. The van der Waals surface area contributed by atoms with E-state index in [1.54, 1.807) is 6.07 Å². The van der Waals surface area contributed by atoms with E-state index < -0.39 is 0 Å². The minimum Gasteiger partial charge on any atom is -0.492 e. The number of ether oxygens (including phenoxy) is 1. The lowest BCUT2D eigenvalue weighted by atomic mass is 9.95. The van der Waals surface area contributed by atoms with Crippen LogP contribution in [0, 0.1) is 12.8 Å². The van der Waals surface area contributed by atoms with Crippen molar-refractivity contribution in [2.45, 2.75) is 19.9 Å². The van der Waals surface area contributed by atoms with Gasteiger partial charge in [0.2, 0.25) is 5.91 Å². The van der Waals surface area contributed by atoms with Crippen molar-refractivity contribution in [1.29, 1.82) is 0 Å². The summed E-state index contributed by atoms with van der Waals surface area (Å²) >= 11 is 1.40. The van der Waals surface area contributed by atoms with Gasteiger partial charge in [0.15, 0.2) is 0 Å². The molecule has 5 nitrogen and oxygen atoms in total. The van der Waals surface area contributed by atoms with E-state index >= 15 is 0 Å². The van der Waals surface area contributed by atoms with E-state index in [1.807, 2.05) is 60.8 Å². The normalized spacial score (nSPS) is 15.1. The molecule has 29 heavy (non-hydrogen) atoms. The Kier molecular flexibility index (Phi) is 5.62. The average Bonchev–Trinajstić information content (AvgIpc) is 3.27. The van der Waals surface area contributed by atoms with E-state index in [4.69, 9.17) is 4.74 Å². The molecule has 1 aliphatic heterocycles. The van der Waals surface area contributed by atoms with Crippen molar-refractivity contribution in [2.24, 2.45) is 5.92 Å². The largest absolute Gasteiger partial charge is 0.492 e. The Morgan fingerprint density at radius 3 is 2.79 bits per heavy atom. The lowest BCUT2D eigenvalue weighted by Crippen LogP contribution is -2.37. The SMILES string of the molecule is Cc1ccccc1CNC(=O)C1COc2ccc(NC(=O)c3cccs3)cc2C1. The molecule has 1 aromatic heterocycles. The zero-order chi connectivity index (χ0) is 20.2. The summed E-state index contributed by atoms with van der Waals surface area (Å²) in [5, 5.41) is 7.80. The number of aryl methyl sites for hydroxylation is 1. The second-order valence-corrected chi connectivity index (χ2v) is 8.06. The van der Waals surface area contributed by atoms with E-state index in [9.17, 15) is 9.59 Å². The first-order valence-corrected chi connectivity index (χ1v) is 10.4. The molecule has 0 spiro atoms. The topological polar surface area (TPSA) is 67.4 Å². The van der Waals surface area contributed by atoms with Gasteiger partial charge in [-0.1, -0.05) is 30.3 Å².